The van der Waals surface area contributed by atoms with Crippen molar-refractivity contribution in [3.05, 3.63) is 78.6 Å². The standard InChI is InChI=1S/C32H36N4O5S/c1-2-41-32(37)25-13-16-35(17-14-25)26-10-8-24(9-11-26)31-29-22-27(23-34-18-20-40-21-19-34)36(30(29)12-15-33-31)42(38,39)28-6-4-3-5-7-28/h3-12,15,22,25H,2,13-14,16-21,23H2,1H3. The number of morpholine rings is 1. The summed E-state index contributed by atoms with van der Waals surface area (Å²) < 4.78 is 40.2. The summed E-state index contributed by atoms with van der Waals surface area (Å²) >= 11 is 0. The van der Waals surface area contributed by atoms with Crippen molar-refractivity contribution in [1.82, 2.24) is 13.9 Å². The monoisotopic (exact) mass is 588 g/mol. The molecule has 2 aliphatic rings. The van der Waals surface area contributed by atoms with Crippen LogP contribution < -0.4 is 4.90 Å². The molecule has 2 saturated heterocycles. The summed E-state index contributed by atoms with van der Waals surface area (Å²) in [5.41, 5.74) is 4.05. The number of rotatable bonds is 8. The molecule has 2 fully saturated rings. The molecule has 0 unspecified atom stereocenters. The summed E-state index contributed by atoms with van der Waals surface area (Å²) in [5.74, 6) is -0.133. The Kier molecular flexibility index (Phi) is 8.28. The average molecular weight is 589 g/mol. The molecule has 220 valence electrons. The van der Waals surface area contributed by atoms with Crippen molar-refractivity contribution in [2.24, 2.45) is 5.92 Å². The third-order valence-corrected chi connectivity index (χ3v) is 9.93. The highest BCUT2D eigenvalue weighted by molar-refractivity contribution is 7.90. The van der Waals surface area contributed by atoms with Crippen molar-refractivity contribution in [1.29, 1.82) is 0 Å². The molecule has 9 nitrogen and oxygen atoms in total. The lowest BCUT2D eigenvalue weighted by molar-refractivity contribution is -0.148. The van der Waals surface area contributed by atoms with Crippen LogP contribution in [0.15, 0.2) is 77.8 Å². The molecular formula is C32H36N4O5S. The zero-order chi connectivity index (χ0) is 29.1. The maximum absolute atomic E-state index is 14.0. The number of carbonyl (C=O) groups is 1. The quantitative estimate of drug-likeness (QED) is 0.277. The van der Waals surface area contributed by atoms with Crippen LogP contribution in [-0.2, 0) is 30.8 Å². The van der Waals surface area contributed by atoms with E-state index in [0.717, 1.165) is 61.4 Å². The lowest BCUT2D eigenvalue weighted by atomic mass is 9.96. The Morgan fingerprint density at radius 3 is 2.38 bits per heavy atom. The van der Waals surface area contributed by atoms with Gasteiger partial charge in [-0.05, 0) is 56.2 Å². The van der Waals surface area contributed by atoms with E-state index in [1.807, 2.05) is 31.2 Å². The second kappa shape index (κ2) is 12.2. The van der Waals surface area contributed by atoms with E-state index in [2.05, 4.69) is 21.9 Å². The van der Waals surface area contributed by atoms with Gasteiger partial charge in [0.15, 0.2) is 0 Å². The van der Waals surface area contributed by atoms with E-state index in [4.69, 9.17) is 14.5 Å². The zero-order valence-corrected chi connectivity index (χ0v) is 24.6. The number of hydrogen-bond donors (Lipinski definition) is 0. The van der Waals surface area contributed by atoms with Gasteiger partial charge >= 0.3 is 5.97 Å². The van der Waals surface area contributed by atoms with Crippen LogP contribution in [0.2, 0.25) is 0 Å². The van der Waals surface area contributed by atoms with Crippen LogP contribution in [0.5, 0.6) is 0 Å². The van der Waals surface area contributed by atoms with Crippen LogP contribution >= 0.6 is 0 Å². The highest BCUT2D eigenvalue weighted by Crippen LogP contribution is 2.34. The molecule has 0 atom stereocenters. The zero-order valence-electron chi connectivity index (χ0n) is 23.8. The summed E-state index contributed by atoms with van der Waals surface area (Å²) in [7, 11) is -3.85. The first-order valence-corrected chi connectivity index (χ1v) is 16.0. The molecule has 2 aromatic heterocycles. The van der Waals surface area contributed by atoms with E-state index >= 15 is 0 Å². The van der Waals surface area contributed by atoms with Gasteiger partial charge in [-0.2, -0.15) is 0 Å². The third-order valence-electron chi connectivity index (χ3n) is 8.15. The van der Waals surface area contributed by atoms with Crippen LogP contribution in [-0.4, -0.2) is 74.2 Å². The molecule has 4 aromatic rings. The molecular weight excluding hydrogens is 552 g/mol. The molecule has 10 heteroatoms. The topological polar surface area (TPSA) is 94.0 Å². The number of anilines is 1. The van der Waals surface area contributed by atoms with Crippen molar-refractivity contribution in [3.63, 3.8) is 0 Å². The Balaban J connectivity index is 1.33. The second-order valence-electron chi connectivity index (χ2n) is 10.8. The number of benzene rings is 2. The number of ether oxygens (including phenoxy) is 2. The average Bonchev–Trinajstić information content (AvgIpc) is 3.41. The first kappa shape index (κ1) is 28.4. The fourth-order valence-electron chi connectivity index (χ4n) is 5.94. The van der Waals surface area contributed by atoms with Gasteiger partial charge in [0.05, 0.1) is 41.8 Å². The molecule has 0 amide bonds. The summed E-state index contributed by atoms with van der Waals surface area (Å²) in [4.78, 5) is 21.6. The number of aromatic nitrogens is 2. The number of piperidine rings is 1. The SMILES string of the molecule is CCOC(=O)C1CCN(c2ccc(-c3nccc4c3cc(CN3CCOCC3)n4S(=O)(=O)c3ccccc3)cc2)CC1. The molecule has 0 bridgehead atoms. The number of pyridine rings is 1. The number of hydrogen-bond acceptors (Lipinski definition) is 8. The molecule has 6 rings (SSSR count). The van der Waals surface area contributed by atoms with Gasteiger partial charge in [0, 0.05) is 61.3 Å². The van der Waals surface area contributed by atoms with Crippen molar-refractivity contribution >= 4 is 32.6 Å². The van der Waals surface area contributed by atoms with Gasteiger partial charge in [0.1, 0.15) is 0 Å². The van der Waals surface area contributed by atoms with E-state index in [-0.39, 0.29) is 16.8 Å². The molecule has 4 heterocycles. The summed E-state index contributed by atoms with van der Waals surface area (Å²) in [6.45, 7) is 7.08. The highest BCUT2D eigenvalue weighted by atomic mass is 32.2. The van der Waals surface area contributed by atoms with E-state index in [0.29, 0.717) is 37.6 Å². The van der Waals surface area contributed by atoms with Crippen molar-refractivity contribution in [2.75, 3.05) is 50.9 Å². The third kappa shape index (κ3) is 5.66. The Hall–Kier alpha value is -3.73. The van der Waals surface area contributed by atoms with Crippen LogP contribution in [0.3, 0.4) is 0 Å². The van der Waals surface area contributed by atoms with Crippen LogP contribution in [0.4, 0.5) is 5.69 Å². The van der Waals surface area contributed by atoms with Gasteiger partial charge in [-0.3, -0.25) is 14.7 Å². The predicted molar refractivity (Wildman–Crippen MR) is 162 cm³/mol. The first-order valence-electron chi connectivity index (χ1n) is 14.6. The summed E-state index contributed by atoms with van der Waals surface area (Å²) in [6.07, 6.45) is 3.23. The lowest BCUT2D eigenvalue weighted by Crippen LogP contribution is -2.36. The Bertz CT molecular complexity index is 1640. The van der Waals surface area contributed by atoms with E-state index < -0.39 is 10.0 Å². The first-order chi connectivity index (χ1) is 20.5. The maximum Gasteiger partial charge on any atom is 0.309 e. The van der Waals surface area contributed by atoms with Gasteiger partial charge in [-0.15, -0.1) is 0 Å². The smallest absolute Gasteiger partial charge is 0.309 e. The van der Waals surface area contributed by atoms with Crippen molar-refractivity contribution < 1.29 is 22.7 Å². The number of carbonyl (C=O) groups excluding carboxylic acids is 1. The summed E-state index contributed by atoms with van der Waals surface area (Å²) in [5, 5.41) is 0.795. The number of esters is 1. The van der Waals surface area contributed by atoms with Gasteiger partial charge in [0.2, 0.25) is 0 Å². The van der Waals surface area contributed by atoms with Crippen molar-refractivity contribution in [3.8, 4) is 11.3 Å². The maximum atomic E-state index is 14.0. The van der Waals surface area contributed by atoms with E-state index in [1.165, 1.54) is 3.97 Å². The van der Waals surface area contributed by atoms with Crippen LogP contribution in [0.1, 0.15) is 25.5 Å². The number of fused-ring (bicyclic) bond motifs is 1. The molecule has 2 aliphatic heterocycles. The van der Waals surface area contributed by atoms with Gasteiger partial charge < -0.3 is 14.4 Å². The molecule has 0 spiro atoms. The van der Waals surface area contributed by atoms with Crippen LogP contribution in [0.25, 0.3) is 22.2 Å². The highest BCUT2D eigenvalue weighted by Gasteiger charge is 2.28. The normalized spacial score (nSPS) is 17.0. The fourth-order valence-corrected chi connectivity index (χ4v) is 7.49. The Morgan fingerprint density at radius 2 is 1.69 bits per heavy atom. The molecule has 0 aliphatic carbocycles. The molecule has 42 heavy (non-hydrogen) atoms. The lowest BCUT2D eigenvalue weighted by Gasteiger charge is -2.32. The fraction of sp³-hybridized carbons (Fsp3) is 0.375. The molecule has 0 N–H and O–H groups in total. The molecule has 0 saturated carbocycles. The van der Waals surface area contributed by atoms with E-state index in [1.54, 1.807) is 36.5 Å². The van der Waals surface area contributed by atoms with Gasteiger partial charge in [0.25, 0.3) is 10.0 Å². The molecule has 0 radical (unpaired) electrons. The van der Waals surface area contributed by atoms with E-state index in [9.17, 15) is 13.2 Å². The van der Waals surface area contributed by atoms with Gasteiger partial charge in [-0.1, -0.05) is 30.3 Å². The largest absolute Gasteiger partial charge is 0.466 e. The number of nitrogens with zero attached hydrogens (tertiary/aromatic N) is 4. The van der Waals surface area contributed by atoms with Crippen LogP contribution in [0, 0.1) is 5.92 Å². The minimum atomic E-state index is -3.85. The Labute approximate surface area is 246 Å². The van der Waals surface area contributed by atoms with Gasteiger partial charge in [-0.25, -0.2) is 12.4 Å². The summed E-state index contributed by atoms with van der Waals surface area (Å²) in [6, 6.07) is 20.6. The van der Waals surface area contributed by atoms with Crippen molar-refractivity contribution in [2.45, 2.75) is 31.2 Å². The molecule has 2 aromatic carbocycles. The minimum absolute atomic E-state index is 0.0369. The minimum Gasteiger partial charge on any atom is -0.466 e. The second-order valence-corrected chi connectivity index (χ2v) is 12.5. The predicted octanol–water partition coefficient (Wildman–Crippen LogP) is 4.55. The Morgan fingerprint density at radius 1 is 0.976 bits per heavy atom.